The molecular weight excluding hydrogens is 416 g/mol. The first kappa shape index (κ1) is 15.2. The Kier molecular flexibility index (Phi) is 4.49. The molecule has 2 N–H and O–H groups in total. The number of carbonyl (C=O) groups excluding carboxylic acids is 1. The summed E-state index contributed by atoms with van der Waals surface area (Å²) < 4.78 is 2.18. The molecular formula is C15H14Br2N2OS. The van der Waals surface area contributed by atoms with Crippen molar-refractivity contribution in [2.45, 2.75) is 18.9 Å². The van der Waals surface area contributed by atoms with Crippen LogP contribution in [-0.4, -0.2) is 13.0 Å². The number of hydrogen-bond acceptors (Lipinski definition) is 3. The van der Waals surface area contributed by atoms with Gasteiger partial charge in [-0.25, -0.2) is 0 Å². The highest BCUT2D eigenvalue weighted by atomic mass is 79.9. The van der Waals surface area contributed by atoms with Crippen molar-refractivity contribution in [3.05, 3.63) is 48.5 Å². The van der Waals surface area contributed by atoms with Crippen molar-refractivity contribution in [3.63, 3.8) is 0 Å². The van der Waals surface area contributed by atoms with E-state index in [0.29, 0.717) is 6.42 Å². The van der Waals surface area contributed by atoms with Crippen molar-refractivity contribution < 1.29 is 4.79 Å². The first-order valence-corrected chi connectivity index (χ1v) is 9.03. The first-order chi connectivity index (χ1) is 10.1. The molecule has 0 aliphatic carbocycles. The summed E-state index contributed by atoms with van der Waals surface area (Å²) in [5, 5.41) is 6.30. The van der Waals surface area contributed by atoms with Gasteiger partial charge < -0.3 is 10.6 Å². The van der Waals surface area contributed by atoms with Gasteiger partial charge in [0.2, 0.25) is 5.91 Å². The lowest BCUT2D eigenvalue weighted by molar-refractivity contribution is -0.116. The maximum Gasteiger partial charge on any atom is 0.224 e. The van der Waals surface area contributed by atoms with Gasteiger partial charge in [0.1, 0.15) is 0 Å². The highest BCUT2D eigenvalue weighted by molar-refractivity contribution is 9.13. The van der Waals surface area contributed by atoms with Crippen LogP contribution in [0.3, 0.4) is 0 Å². The number of rotatable bonds is 3. The van der Waals surface area contributed by atoms with Gasteiger partial charge in [-0.15, -0.1) is 11.3 Å². The van der Waals surface area contributed by atoms with Crippen LogP contribution in [0.25, 0.3) is 0 Å². The molecule has 2 aromatic rings. The molecule has 1 atom stereocenters. The lowest BCUT2D eigenvalue weighted by Crippen LogP contribution is -2.21. The number of amides is 1. The van der Waals surface area contributed by atoms with Gasteiger partial charge >= 0.3 is 0 Å². The second kappa shape index (κ2) is 6.20. The minimum Gasteiger partial charge on any atom is -0.326 e. The minimum atomic E-state index is 0.103. The maximum atomic E-state index is 11.4. The average Bonchev–Trinajstić information content (AvgIpc) is 2.79. The van der Waals surface area contributed by atoms with Crippen LogP contribution in [0.1, 0.15) is 28.5 Å². The zero-order chi connectivity index (χ0) is 15.0. The highest BCUT2D eigenvalue weighted by Crippen LogP contribution is 2.38. The third-order valence-electron chi connectivity index (χ3n) is 3.60. The van der Waals surface area contributed by atoms with E-state index in [-0.39, 0.29) is 11.9 Å². The van der Waals surface area contributed by atoms with Crippen LogP contribution in [0.5, 0.6) is 0 Å². The van der Waals surface area contributed by atoms with Gasteiger partial charge in [-0.3, -0.25) is 4.79 Å². The molecule has 0 saturated heterocycles. The van der Waals surface area contributed by atoms with Crippen molar-refractivity contribution >= 4 is 54.8 Å². The van der Waals surface area contributed by atoms with Gasteiger partial charge in [-0.2, -0.15) is 0 Å². The SMILES string of the molecule is CNC(c1ccc2c(c1)CCC(=O)N2)c1cc(Br)c(Br)s1. The topological polar surface area (TPSA) is 41.1 Å². The summed E-state index contributed by atoms with van der Waals surface area (Å²) in [7, 11) is 1.97. The smallest absolute Gasteiger partial charge is 0.224 e. The van der Waals surface area contributed by atoms with Crippen molar-refractivity contribution in [2.24, 2.45) is 0 Å². The molecule has 1 amide bonds. The van der Waals surface area contributed by atoms with Crippen LogP contribution < -0.4 is 10.6 Å². The predicted molar refractivity (Wildman–Crippen MR) is 94.0 cm³/mol. The minimum absolute atomic E-state index is 0.103. The van der Waals surface area contributed by atoms with Crippen LogP contribution in [0, 0.1) is 0 Å². The van der Waals surface area contributed by atoms with Crippen LogP contribution in [0.2, 0.25) is 0 Å². The standard InChI is InChI=1S/C15H14Br2N2OS/c1-18-14(12-7-10(16)15(17)21-12)9-2-4-11-8(6-9)3-5-13(20)19-11/h2,4,6-7,14,18H,3,5H2,1H3,(H,19,20). The summed E-state index contributed by atoms with van der Waals surface area (Å²) in [6.07, 6.45) is 1.38. The number of anilines is 1. The van der Waals surface area contributed by atoms with Gasteiger partial charge in [-0.05, 0) is 68.6 Å². The van der Waals surface area contributed by atoms with E-state index in [4.69, 9.17) is 0 Å². The highest BCUT2D eigenvalue weighted by Gasteiger charge is 2.20. The second-order valence-electron chi connectivity index (χ2n) is 4.96. The Bertz CT molecular complexity index is 679. The number of thiophene rings is 1. The number of carbonyl (C=O) groups is 1. The summed E-state index contributed by atoms with van der Waals surface area (Å²) in [6, 6.07) is 8.56. The molecule has 0 spiro atoms. The molecule has 0 fully saturated rings. The molecule has 1 aromatic carbocycles. The molecule has 0 radical (unpaired) electrons. The average molecular weight is 430 g/mol. The van der Waals surface area contributed by atoms with Crippen molar-refractivity contribution in [1.29, 1.82) is 0 Å². The fourth-order valence-electron chi connectivity index (χ4n) is 2.56. The number of benzene rings is 1. The molecule has 6 heteroatoms. The molecule has 1 aromatic heterocycles. The molecule has 3 rings (SSSR count). The molecule has 1 aliphatic rings. The number of hydrogen-bond donors (Lipinski definition) is 2. The van der Waals surface area contributed by atoms with Gasteiger partial charge in [0, 0.05) is 21.5 Å². The number of fused-ring (bicyclic) bond motifs is 1. The Hall–Kier alpha value is -0.690. The third-order valence-corrected chi connectivity index (χ3v) is 6.92. The van der Waals surface area contributed by atoms with E-state index in [1.54, 1.807) is 11.3 Å². The Labute approximate surface area is 144 Å². The molecule has 2 heterocycles. The second-order valence-corrected chi connectivity index (χ2v) is 8.21. The Balaban J connectivity index is 1.96. The summed E-state index contributed by atoms with van der Waals surface area (Å²) >= 11 is 8.81. The lowest BCUT2D eigenvalue weighted by atomic mass is 9.96. The van der Waals surface area contributed by atoms with Crippen molar-refractivity contribution in [3.8, 4) is 0 Å². The maximum absolute atomic E-state index is 11.4. The zero-order valence-electron chi connectivity index (χ0n) is 11.4. The van der Waals surface area contributed by atoms with Crippen molar-refractivity contribution in [2.75, 3.05) is 12.4 Å². The molecule has 1 unspecified atom stereocenters. The van der Waals surface area contributed by atoms with Gasteiger partial charge in [0.15, 0.2) is 0 Å². The summed E-state index contributed by atoms with van der Waals surface area (Å²) in [5.41, 5.74) is 3.37. The van der Waals surface area contributed by atoms with E-state index in [1.807, 2.05) is 13.1 Å². The Morgan fingerprint density at radius 2 is 2.10 bits per heavy atom. The van der Waals surface area contributed by atoms with Gasteiger partial charge in [0.05, 0.1) is 9.83 Å². The van der Waals surface area contributed by atoms with Crippen LogP contribution in [0.4, 0.5) is 5.69 Å². The Morgan fingerprint density at radius 3 is 2.76 bits per heavy atom. The van der Waals surface area contributed by atoms with Gasteiger partial charge in [-0.1, -0.05) is 12.1 Å². The lowest BCUT2D eigenvalue weighted by Gasteiger charge is -2.21. The molecule has 1 aliphatic heterocycles. The van der Waals surface area contributed by atoms with Crippen molar-refractivity contribution in [1.82, 2.24) is 5.32 Å². The zero-order valence-corrected chi connectivity index (χ0v) is 15.4. The summed E-state index contributed by atoms with van der Waals surface area (Å²) in [6.45, 7) is 0. The molecule has 21 heavy (non-hydrogen) atoms. The van der Waals surface area contributed by atoms with E-state index >= 15 is 0 Å². The first-order valence-electron chi connectivity index (χ1n) is 6.63. The predicted octanol–water partition coefficient (Wildman–Crippen LogP) is 4.47. The van der Waals surface area contributed by atoms with Crippen LogP contribution in [-0.2, 0) is 11.2 Å². The largest absolute Gasteiger partial charge is 0.326 e. The molecule has 110 valence electrons. The van der Waals surface area contributed by atoms with Crippen LogP contribution in [0.15, 0.2) is 32.5 Å². The third kappa shape index (κ3) is 3.08. The van der Waals surface area contributed by atoms with E-state index in [1.165, 1.54) is 16.0 Å². The summed E-state index contributed by atoms with van der Waals surface area (Å²) in [5.74, 6) is 0.103. The monoisotopic (exact) mass is 428 g/mol. The fraction of sp³-hybridized carbons (Fsp3) is 0.267. The van der Waals surface area contributed by atoms with Crippen LogP contribution >= 0.6 is 43.2 Å². The van der Waals surface area contributed by atoms with E-state index < -0.39 is 0 Å². The summed E-state index contributed by atoms with van der Waals surface area (Å²) in [4.78, 5) is 12.7. The van der Waals surface area contributed by atoms with E-state index in [0.717, 1.165) is 20.4 Å². The normalized spacial score (nSPS) is 15.5. The molecule has 0 bridgehead atoms. The number of nitrogens with one attached hydrogen (secondary N) is 2. The van der Waals surface area contributed by atoms with Gasteiger partial charge in [0.25, 0.3) is 0 Å². The Morgan fingerprint density at radius 1 is 1.29 bits per heavy atom. The fourth-order valence-corrected chi connectivity index (χ4v) is 4.79. The quantitative estimate of drug-likeness (QED) is 0.755. The van der Waals surface area contributed by atoms with E-state index in [2.05, 4.69) is 60.7 Å². The number of halogens is 2. The number of aryl methyl sites for hydroxylation is 1. The van der Waals surface area contributed by atoms with E-state index in [9.17, 15) is 4.79 Å². The molecule has 3 nitrogen and oxygen atoms in total. The molecule has 0 saturated carbocycles.